The number of aromatic nitrogens is 1. The smallest absolute Gasteiger partial charge is 0.310 e. The van der Waals surface area contributed by atoms with Crippen molar-refractivity contribution in [1.82, 2.24) is 14.2 Å². The van der Waals surface area contributed by atoms with Crippen LogP contribution in [0.3, 0.4) is 0 Å². The standard InChI is InChI=1S/C22H28F2N4O4S/c1-5-32-22(30)15-8-9-27(3)11-17(15)26-33(31)18-12-28(4)20(19(18)24)21(29)25-14-6-7-16(23)13(2)10-14/h6-7,10,12,15,17,26H,5,8-9,11H2,1-4H3,(H,25,29). The summed E-state index contributed by atoms with van der Waals surface area (Å²) in [6.45, 7) is 4.61. The summed E-state index contributed by atoms with van der Waals surface area (Å²) in [5, 5.41) is 2.53. The average Bonchev–Trinajstić information content (AvgIpc) is 3.05. The number of ether oxygens (including phenoxy) is 1. The third-order valence-electron chi connectivity index (χ3n) is 5.58. The molecule has 0 spiro atoms. The zero-order valence-electron chi connectivity index (χ0n) is 19.0. The first-order valence-electron chi connectivity index (χ1n) is 10.6. The number of carbonyl (C=O) groups is 2. The van der Waals surface area contributed by atoms with Gasteiger partial charge in [0.1, 0.15) is 27.4 Å². The van der Waals surface area contributed by atoms with Crippen LogP contribution in [0.25, 0.3) is 0 Å². The number of aryl methyl sites for hydroxylation is 2. The lowest BCUT2D eigenvalue weighted by Gasteiger charge is -2.35. The summed E-state index contributed by atoms with van der Waals surface area (Å²) in [5.74, 6) is -3.01. The van der Waals surface area contributed by atoms with Crippen LogP contribution in [0.5, 0.6) is 0 Å². The van der Waals surface area contributed by atoms with Gasteiger partial charge in [0.15, 0.2) is 5.82 Å². The molecule has 0 saturated carbocycles. The highest BCUT2D eigenvalue weighted by Gasteiger charge is 2.36. The number of hydrogen-bond acceptors (Lipinski definition) is 5. The van der Waals surface area contributed by atoms with E-state index in [-0.39, 0.29) is 23.2 Å². The Labute approximate surface area is 193 Å². The first kappa shape index (κ1) is 25.0. The normalized spacial score (nSPS) is 19.8. The van der Waals surface area contributed by atoms with Gasteiger partial charge in [-0.2, -0.15) is 0 Å². The van der Waals surface area contributed by atoms with E-state index in [1.807, 2.05) is 11.9 Å². The molecule has 3 atom stereocenters. The second kappa shape index (κ2) is 10.5. The minimum atomic E-state index is -2.02. The van der Waals surface area contributed by atoms with Gasteiger partial charge >= 0.3 is 5.97 Å². The molecule has 1 amide bonds. The summed E-state index contributed by atoms with van der Waals surface area (Å²) in [7, 11) is 1.32. The van der Waals surface area contributed by atoms with Crippen molar-refractivity contribution in [2.75, 3.05) is 32.1 Å². The molecule has 1 fully saturated rings. The topological polar surface area (TPSA) is 92.7 Å². The van der Waals surface area contributed by atoms with Gasteiger partial charge in [-0.25, -0.2) is 17.7 Å². The molecule has 1 aliphatic rings. The van der Waals surface area contributed by atoms with Crippen molar-refractivity contribution in [2.24, 2.45) is 13.0 Å². The molecule has 2 aromatic rings. The predicted molar refractivity (Wildman–Crippen MR) is 120 cm³/mol. The molecule has 180 valence electrons. The Morgan fingerprint density at radius 2 is 2.00 bits per heavy atom. The molecule has 1 aliphatic heterocycles. The van der Waals surface area contributed by atoms with E-state index in [2.05, 4.69) is 10.0 Å². The minimum Gasteiger partial charge on any atom is -0.466 e. The maximum absolute atomic E-state index is 15.2. The van der Waals surface area contributed by atoms with Gasteiger partial charge < -0.3 is 19.5 Å². The SMILES string of the molecule is CCOC(=O)C1CCN(C)CC1NS(=O)c1cn(C)c(C(=O)Nc2ccc(F)c(C)c2)c1F. The van der Waals surface area contributed by atoms with E-state index in [0.29, 0.717) is 30.8 Å². The van der Waals surface area contributed by atoms with E-state index in [0.717, 1.165) is 0 Å². The van der Waals surface area contributed by atoms with Crippen molar-refractivity contribution < 1.29 is 27.3 Å². The first-order valence-corrected chi connectivity index (χ1v) is 11.7. The van der Waals surface area contributed by atoms with E-state index in [1.54, 1.807) is 13.8 Å². The molecule has 1 saturated heterocycles. The van der Waals surface area contributed by atoms with Crippen molar-refractivity contribution in [1.29, 1.82) is 0 Å². The molecule has 11 heteroatoms. The zero-order valence-corrected chi connectivity index (χ0v) is 19.8. The van der Waals surface area contributed by atoms with Gasteiger partial charge in [-0.3, -0.25) is 9.59 Å². The highest BCUT2D eigenvalue weighted by Crippen LogP contribution is 2.23. The van der Waals surface area contributed by atoms with E-state index < -0.39 is 40.5 Å². The summed E-state index contributed by atoms with van der Waals surface area (Å²) in [5.41, 5.74) is 0.326. The molecule has 0 aliphatic carbocycles. The number of nitrogens with zero attached hydrogens (tertiary/aromatic N) is 2. The van der Waals surface area contributed by atoms with Crippen LogP contribution in [0.4, 0.5) is 14.5 Å². The predicted octanol–water partition coefficient (Wildman–Crippen LogP) is 2.36. The third kappa shape index (κ3) is 5.66. The van der Waals surface area contributed by atoms with Crippen LogP contribution in [0.1, 0.15) is 29.4 Å². The number of piperidine rings is 1. The van der Waals surface area contributed by atoms with Crippen LogP contribution < -0.4 is 10.0 Å². The van der Waals surface area contributed by atoms with E-state index >= 15 is 4.39 Å². The molecular weight excluding hydrogens is 454 g/mol. The Morgan fingerprint density at radius 3 is 2.67 bits per heavy atom. The van der Waals surface area contributed by atoms with Gasteiger partial charge in [0.25, 0.3) is 5.91 Å². The van der Waals surface area contributed by atoms with Crippen LogP contribution >= 0.6 is 0 Å². The molecule has 3 unspecified atom stereocenters. The number of amides is 1. The van der Waals surface area contributed by atoms with E-state index in [1.165, 1.54) is 36.0 Å². The summed E-state index contributed by atoms with van der Waals surface area (Å²) >= 11 is 0. The van der Waals surface area contributed by atoms with Crippen molar-refractivity contribution in [3.63, 3.8) is 0 Å². The van der Waals surface area contributed by atoms with Crippen molar-refractivity contribution >= 4 is 28.5 Å². The number of likely N-dealkylation sites (tertiary alicyclic amines) is 1. The fourth-order valence-electron chi connectivity index (χ4n) is 3.84. The Kier molecular flexibility index (Phi) is 7.98. The molecule has 0 radical (unpaired) electrons. The fraction of sp³-hybridized carbons (Fsp3) is 0.455. The Balaban J connectivity index is 1.78. The molecule has 2 heterocycles. The molecular formula is C22H28F2N4O4S. The first-order chi connectivity index (χ1) is 15.6. The fourth-order valence-corrected chi connectivity index (χ4v) is 4.99. The molecule has 1 aromatic carbocycles. The van der Waals surface area contributed by atoms with E-state index in [9.17, 15) is 18.2 Å². The number of rotatable bonds is 7. The Bertz CT molecular complexity index is 1070. The molecule has 8 nitrogen and oxygen atoms in total. The van der Waals surface area contributed by atoms with Gasteiger partial charge in [-0.05, 0) is 57.6 Å². The minimum absolute atomic E-state index is 0.200. The number of esters is 1. The van der Waals surface area contributed by atoms with Gasteiger partial charge in [0.05, 0.1) is 12.5 Å². The van der Waals surface area contributed by atoms with Crippen molar-refractivity contribution in [2.45, 2.75) is 31.2 Å². The quantitative estimate of drug-likeness (QED) is 0.591. The third-order valence-corrected chi connectivity index (χ3v) is 6.78. The maximum Gasteiger partial charge on any atom is 0.310 e. The van der Waals surface area contributed by atoms with Crippen molar-refractivity contribution in [3.8, 4) is 0 Å². The van der Waals surface area contributed by atoms with E-state index in [4.69, 9.17) is 4.74 Å². The molecule has 1 aromatic heterocycles. The van der Waals surface area contributed by atoms with Gasteiger partial charge in [-0.1, -0.05) is 0 Å². The summed E-state index contributed by atoms with van der Waals surface area (Å²) in [6, 6.07) is 3.50. The summed E-state index contributed by atoms with van der Waals surface area (Å²) < 4.78 is 50.9. The Hall–Kier alpha value is -2.63. The maximum atomic E-state index is 15.2. The van der Waals surface area contributed by atoms with Crippen LogP contribution in [-0.4, -0.2) is 58.3 Å². The molecule has 3 rings (SSSR count). The van der Waals surface area contributed by atoms with Gasteiger partial charge in [0.2, 0.25) is 0 Å². The lowest BCUT2D eigenvalue weighted by Crippen LogP contribution is -2.52. The lowest BCUT2D eigenvalue weighted by atomic mass is 9.93. The largest absolute Gasteiger partial charge is 0.466 e. The number of anilines is 1. The second-order valence-corrected chi connectivity index (χ2v) is 9.30. The second-order valence-electron chi connectivity index (χ2n) is 8.09. The van der Waals surface area contributed by atoms with Crippen LogP contribution in [0.15, 0.2) is 29.3 Å². The molecule has 2 N–H and O–H groups in total. The number of carbonyl (C=O) groups excluding carboxylic acids is 2. The number of benzene rings is 1. The Morgan fingerprint density at radius 1 is 1.27 bits per heavy atom. The molecule has 33 heavy (non-hydrogen) atoms. The highest BCUT2D eigenvalue weighted by atomic mass is 32.2. The zero-order chi connectivity index (χ0) is 24.3. The number of hydrogen-bond donors (Lipinski definition) is 2. The number of halogens is 2. The summed E-state index contributed by atoms with van der Waals surface area (Å²) in [6.07, 6.45) is 1.79. The van der Waals surface area contributed by atoms with Crippen LogP contribution in [-0.2, 0) is 27.6 Å². The summed E-state index contributed by atoms with van der Waals surface area (Å²) in [4.78, 5) is 26.8. The number of nitrogens with one attached hydrogen (secondary N) is 2. The monoisotopic (exact) mass is 482 g/mol. The van der Waals surface area contributed by atoms with Crippen LogP contribution in [0, 0.1) is 24.5 Å². The van der Waals surface area contributed by atoms with Gasteiger partial charge in [0, 0.05) is 31.5 Å². The van der Waals surface area contributed by atoms with Gasteiger partial charge in [-0.15, -0.1) is 0 Å². The average molecular weight is 483 g/mol. The van der Waals surface area contributed by atoms with Crippen molar-refractivity contribution in [3.05, 3.63) is 47.3 Å². The molecule has 0 bridgehead atoms. The van der Waals surface area contributed by atoms with Crippen LogP contribution in [0.2, 0.25) is 0 Å². The highest BCUT2D eigenvalue weighted by molar-refractivity contribution is 7.83. The lowest BCUT2D eigenvalue weighted by molar-refractivity contribution is -0.150. The number of likely N-dealkylation sites (N-methyl/N-ethyl adjacent to an activating group) is 1.